The predicted octanol–water partition coefficient (Wildman–Crippen LogP) is 10.2. The summed E-state index contributed by atoms with van der Waals surface area (Å²) < 4.78 is 11.6. The van der Waals surface area contributed by atoms with Gasteiger partial charge in [0.25, 0.3) is 0 Å². The Labute approximate surface area is 306 Å². The standard InChI is InChI=1S/C42H52N6O4/c1-23-17-35(47(25(23)3)39(49)51-41(5,6)7)37-43-22-34(46-37)31-14-13-27-19-28(11-12-29(27)20-31)30-15-16-32-33(21-30)45-38(44-32)36-18-24(2)26(4)48(36)40(50)52-42(8,9)10/h11-16,19-26,35-36H,17-18H2,1-10H3,(H,43,46)(H,44,45)/t23-,24-,25-,26-,35+,36+/m1/s1. The molecule has 6 atom stereocenters. The molecule has 10 nitrogen and oxygen atoms in total. The zero-order valence-electron chi connectivity index (χ0n) is 32.1. The maximum Gasteiger partial charge on any atom is 0.411 e. The predicted molar refractivity (Wildman–Crippen MR) is 205 cm³/mol. The van der Waals surface area contributed by atoms with Gasteiger partial charge in [0.2, 0.25) is 0 Å². The van der Waals surface area contributed by atoms with Crippen molar-refractivity contribution < 1.29 is 19.1 Å². The number of nitrogens with zero attached hydrogens (tertiary/aromatic N) is 4. The van der Waals surface area contributed by atoms with E-state index in [1.165, 1.54) is 0 Å². The van der Waals surface area contributed by atoms with Gasteiger partial charge >= 0.3 is 12.2 Å². The molecule has 0 spiro atoms. The first kappa shape index (κ1) is 35.5. The highest BCUT2D eigenvalue weighted by atomic mass is 16.6. The molecule has 0 bridgehead atoms. The summed E-state index contributed by atoms with van der Waals surface area (Å²) in [5.41, 5.74) is 4.80. The van der Waals surface area contributed by atoms with Crippen molar-refractivity contribution in [3.8, 4) is 22.4 Å². The van der Waals surface area contributed by atoms with Crippen LogP contribution < -0.4 is 0 Å². The van der Waals surface area contributed by atoms with E-state index in [1.54, 1.807) is 0 Å². The second kappa shape index (κ2) is 13.0. The Morgan fingerprint density at radius 1 is 0.673 bits per heavy atom. The summed E-state index contributed by atoms with van der Waals surface area (Å²) in [7, 11) is 0. The smallest absolute Gasteiger partial charge is 0.411 e. The number of amides is 2. The lowest BCUT2D eigenvalue weighted by Gasteiger charge is -2.31. The molecule has 5 aromatic rings. The van der Waals surface area contributed by atoms with E-state index in [2.05, 4.69) is 86.2 Å². The molecular weight excluding hydrogens is 653 g/mol. The third kappa shape index (κ3) is 6.87. The van der Waals surface area contributed by atoms with Crippen LogP contribution >= 0.6 is 0 Å². The summed E-state index contributed by atoms with van der Waals surface area (Å²) in [6.07, 6.45) is 2.90. The van der Waals surface area contributed by atoms with Crippen LogP contribution in [0.1, 0.15) is 106 Å². The number of benzene rings is 3. The highest BCUT2D eigenvalue weighted by Gasteiger charge is 2.44. The number of ether oxygens (including phenoxy) is 2. The number of hydrogen-bond acceptors (Lipinski definition) is 6. The minimum Gasteiger partial charge on any atom is -0.444 e. The SMILES string of the molecule is C[C@@H]1C[C@@H](c2ncc(-c3ccc4cc(-c5ccc6nc([C@@H]7C[C@@H](C)[C@@H](C)N7C(=O)OC(C)(C)C)[nH]c6c5)ccc4c3)[nH]2)N(C(=O)OC(C)(C)C)[C@@H]1C. The number of H-pyrrole nitrogens is 2. The number of imidazole rings is 2. The van der Waals surface area contributed by atoms with Crippen molar-refractivity contribution in [2.45, 2.75) is 117 Å². The fraction of sp³-hybridized carbons (Fsp3) is 0.476. The highest BCUT2D eigenvalue weighted by Crippen LogP contribution is 2.42. The number of aromatic nitrogens is 4. The Balaban J connectivity index is 1.11. The second-order valence-corrected chi connectivity index (χ2v) is 17.0. The van der Waals surface area contributed by atoms with E-state index in [9.17, 15) is 9.59 Å². The molecule has 2 N–H and O–H groups in total. The summed E-state index contributed by atoms with van der Waals surface area (Å²) in [4.78, 5) is 46.9. The number of fused-ring (bicyclic) bond motifs is 2. The molecular formula is C42H52N6O4. The van der Waals surface area contributed by atoms with Gasteiger partial charge in [-0.05, 0) is 126 Å². The van der Waals surface area contributed by atoms with Gasteiger partial charge in [-0.2, -0.15) is 0 Å². The molecule has 52 heavy (non-hydrogen) atoms. The Kier molecular flexibility index (Phi) is 8.86. The van der Waals surface area contributed by atoms with Gasteiger partial charge in [-0.3, -0.25) is 9.80 Å². The monoisotopic (exact) mass is 704 g/mol. The molecule has 2 aliphatic rings. The Bertz CT molecular complexity index is 2140. The van der Waals surface area contributed by atoms with Gasteiger partial charge in [0, 0.05) is 17.6 Å². The Morgan fingerprint density at radius 2 is 1.17 bits per heavy atom. The third-order valence-corrected chi connectivity index (χ3v) is 10.8. The van der Waals surface area contributed by atoms with Crippen LogP contribution in [0.25, 0.3) is 44.2 Å². The van der Waals surface area contributed by atoms with Gasteiger partial charge < -0.3 is 19.4 Å². The van der Waals surface area contributed by atoms with Crippen molar-refractivity contribution in [1.82, 2.24) is 29.7 Å². The fourth-order valence-electron chi connectivity index (χ4n) is 7.76. The van der Waals surface area contributed by atoms with Crippen LogP contribution in [-0.4, -0.2) is 65.2 Å². The molecule has 2 saturated heterocycles. The van der Waals surface area contributed by atoms with E-state index >= 15 is 0 Å². The first-order valence-corrected chi connectivity index (χ1v) is 18.6. The number of rotatable bonds is 4. The van der Waals surface area contributed by atoms with Crippen LogP contribution in [0.2, 0.25) is 0 Å². The molecule has 0 aliphatic carbocycles. The molecule has 0 radical (unpaired) electrons. The van der Waals surface area contributed by atoms with Gasteiger partial charge in [0.05, 0.1) is 35.0 Å². The number of nitrogens with one attached hydrogen (secondary N) is 2. The minimum absolute atomic E-state index is 0.0477. The lowest BCUT2D eigenvalue weighted by Crippen LogP contribution is -2.41. The van der Waals surface area contributed by atoms with Crippen molar-refractivity contribution >= 4 is 34.0 Å². The van der Waals surface area contributed by atoms with Gasteiger partial charge in [0.1, 0.15) is 22.9 Å². The van der Waals surface area contributed by atoms with Gasteiger partial charge in [-0.25, -0.2) is 19.6 Å². The fourth-order valence-corrected chi connectivity index (χ4v) is 7.76. The number of hydrogen-bond donors (Lipinski definition) is 2. The van der Waals surface area contributed by atoms with Crippen LogP contribution in [0.3, 0.4) is 0 Å². The van der Waals surface area contributed by atoms with Gasteiger partial charge in [-0.15, -0.1) is 0 Å². The zero-order chi connectivity index (χ0) is 37.3. The summed E-state index contributed by atoms with van der Waals surface area (Å²) in [5, 5.41) is 2.25. The van der Waals surface area contributed by atoms with Crippen LogP contribution in [0.5, 0.6) is 0 Å². The van der Waals surface area contributed by atoms with Crippen molar-refractivity contribution in [3.05, 3.63) is 72.4 Å². The molecule has 7 rings (SSSR count). The van der Waals surface area contributed by atoms with Gasteiger partial charge in [0.15, 0.2) is 0 Å². The Hall–Kier alpha value is -4.86. The summed E-state index contributed by atoms with van der Waals surface area (Å²) in [6, 6.07) is 19.0. The van der Waals surface area contributed by atoms with E-state index in [1.807, 2.05) is 63.6 Å². The Morgan fingerprint density at radius 3 is 1.75 bits per heavy atom. The molecule has 2 aliphatic heterocycles. The number of aromatic amines is 2. The minimum atomic E-state index is -0.569. The van der Waals surface area contributed by atoms with E-state index in [4.69, 9.17) is 19.4 Å². The van der Waals surface area contributed by atoms with E-state index < -0.39 is 11.2 Å². The molecule has 3 aromatic carbocycles. The summed E-state index contributed by atoms with van der Waals surface area (Å²) >= 11 is 0. The van der Waals surface area contributed by atoms with E-state index in [0.29, 0.717) is 11.8 Å². The average Bonchev–Trinajstić information content (AvgIpc) is 3.84. The number of carbonyl (C=O) groups excluding carboxylic acids is 2. The van der Waals surface area contributed by atoms with Crippen molar-refractivity contribution in [2.24, 2.45) is 11.8 Å². The van der Waals surface area contributed by atoms with Crippen LogP contribution in [-0.2, 0) is 9.47 Å². The third-order valence-electron chi connectivity index (χ3n) is 10.8. The maximum absolute atomic E-state index is 13.3. The van der Waals surface area contributed by atoms with Crippen molar-refractivity contribution in [2.75, 3.05) is 0 Å². The number of carbonyl (C=O) groups is 2. The largest absolute Gasteiger partial charge is 0.444 e. The van der Waals surface area contributed by atoms with E-state index in [-0.39, 0.29) is 36.4 Å². The highest BCUT2D eigenvalue weighted by molar-refractivity contribution is 5.92. The molecule has 2 aromatic heterocycles. The average molecular weight is 705 g/mol. The molecule has 0 saturated carbocycles. The maximum atomic E-state index is 13.3. The summed E-state index contributed by atoms with van der Waals surface area (Å²) in [5.74, 6) is 2.21. The molecule has 2 amide bonds. The van der Waals surface area contributed by atoms with E-state index in [0.717, 1.165) is 68.7 Å². The molecule has 274 valence electrons. The number of likely N-dealkylation sites (tertiary alicyclic amines) is 2. The van der Waals surface area contributed by atoms with Crippen LogP contribution in [0.4, 0.5) is 9.59 Å². The first-order chi connectivity index (χ1) is 24.5. The molecule has 10 heteroatoms. The lowest BCUT2D eigenvalue weighted by molar-refractivity contribution is 0.0130. The van der Waals surface area contributed by atoms with Crippen LogP contribution in [0.15, 0.2) is 60.8 Å². The van der Waals surface area contributed by atoms with Gasteiger partial charge in [-0.1, -0.05) is 44.2 Å². The summed E-state index contributed by atoms with van der Waals surface area (Å²) in [6.45, 7) is 19.9. The quantitative estimate of drug-likeness (QED) is 0.192. The molecule has 4 heterocycles. The molecule has 0 unspecified atom stereocenters. The topological polar surface area (TPSA) is 116 Å². The van der Waals surface area contributed by atoms with Crippen LogP contribution in [0, 0.1) is 11.8 Å². The van der Waals surface area contributed by atoms with Crippen molar-refractivity contribution in [1.29, 1.82) is 0 Å². The first-order valence-electron chi connectivity index (χ1n) is 18.6. The zero-order valence-corrected chi connectivity index (χ0v) is 32.1. The second-order valence-electron chi connectivity index (χ2n) is 17.0. The normalized spacial score (nSPS) is 23.9. The molecule has 2 fully saturated rings. The van der Waals surface area contributed by atoms with Crippen molar-refractivity contribution in [3.63, 3.8) is 0 Å². The lowest BCUT2D eigenvalue weighted by atomic mass is 9.99.